The van der Waals surface area contributed by atoms with E-state index in [9.17, 15) is 0 Å². The summed E-state index contributed by atoms with van der Waals surface area (Å²) in [5.41, 5.74) is 0.560. The Morgan fingerprint density at radius 1 is 1.73 bits per heavy atom. The Hall–Kier alpha value is -1.33. The molecule has 0 aliphatic heterocycles. The lowest BCUT2D eigenvalue weighted by Crippen LogP contribution is -2.04. The van der Waals surface area contributed by atoms with Crippen molar-refractivity contribution in [3.8, 4) is 6.07 Å². The van der Waals surface area contributed by atoms with Crippen LogP contribution in [0.4, 0.5) is 0 Å². The molecular formula is C9H11NO. The lowest BCUT2D eigenvalue weighted by atomic mass is 10.1. The molecule has 0 aliphatic carbocycles. The summed E-state index contributed by atoms with van der Waals surface area (Å²) >= 11 is 0. The number of aliphatic hydroxyl groups is 1. The van der Waals surface area contributed by atoms with E-state index in [4.69, 9.17) is 10.4 Å². The lowest BCUT2D eigenvalue weighted by Gasteiger charge is -1.99. The van der Waals surface area contributed by atoms with Gasteiger partial charge in [0.15, 0.2) is 6.10 Å². The Bertz CT molecular complexity index is 220. The largest absolute Gasteiger partial charge is 0.374 e. The Balaban J connectivity index is 4.49. The Morgan fingerprint density at radius 3 is 2.73 bits per heavy atom. The van der Waals surface area contributed by atoms with E-state index in [0.717, 1.165) is 0 Å². The second-order valence-corrected chi connectivity index (χ2v) is 1.93. The highest BCUT2D eigenvalue weighted by Crippen LogP contribution is 2.03. The molecule has 1 unspecified atom stereocenters. The van der Waals surface area contributed by atoms with E-state index < -0.39 is 6.10 Å². The number of allylic oxidation sites excluding steroid dienone is 3. The maximum Gasteiger partial charge on any atom is 0.165 e. The minimum Gasteiger partial charge on any atom is -0.374 e. The van der Waals surface area contributed by atoms with E-state index in [-0.39, 0.29) is 0 Å². The zero-order chi connectivity index (χ0) is 8.69. The highest BCUT2D eigenvalue weighted by Gasteiger charge is 2.03. The zero-order valence-electron chi connectivity index (χ0n) is 6.49. The zero-order valence-corrected chi connectivity index (χ0v) is 6.49. The fourth-order valence-corrected chi connectivity index (χ4v) is 0.641. The summed E-state index contributed by atoms with van der Waals surface area (Å²) in [6, 6.07) is 1.72. The summed E-state index contributed by atoms with van der Waals surface area (Å²) in [6.07, 6.45) is 5.53. The normalized spacial score (nSPS) is 14.5. The first kappa shape index (κ1) is 9.67. The summed E-state index contributed by atoms with van der Waals surface area (Å²) in [6.45, 7) is 5.29. The topological polar surface area (TPSA) is 44.0 Å². The van der Waals surface area contributed by atoms with Crippen LogP contribution >= 0.6 is 0 Å². The summed E-state index contributed by atoms with van der Waals surface area (Å²) < 4.78 is 0. The number of rotatable bonds is 3. The number of nitrogens with zero attached hydrogens (tertiary/aromatic N) is 1. The van der Waals surface area contributed by atoms with Gasteiger partial charge >= 0.3 is 0 Å². The van der Waals surface area contributed by atoms with Crippen LogP contribution in [0.2, 0.25) is 0 Å². The molecule has 0 aliphatic rings. The van der Waals surface area contributed by atoms with E-state index in [2.05, 4.69) is 6.58 Å². The lowest BCUT2D eigenvalue weighted by molar-refractivity contribution is 0.270. The van der Waals surface area contributed by atoms with Crippen molar-refractivity contribution in [3.05, 3.63) is 36.5 Å². The van der Waals surface area contributed by atoms with Gasteiger partial charge in [-0.05, 0) is 12.5 Å². The molecule has 0 aromatic carbocycles. The number of aliphatic hydroxyl groups excluding tert-OH is 1. The average molecular weight is 149 g/mol. The van der Waals surface area contributed by atoms with Gasteiger partial charge in [0.05, 0.1) is 6.07 Å². The molecule has 2 nitrogen and oxygen atoms in total. The smallest absolute Gasteiger partial charge is 0.165 e. The molecule has 0 fully saturated rings. The van der Waals surface area contributed by atoms with Gasteiger partial charge in [0.2, 0.25) is 0 Å². The van der Waals surface area contributed by atoms with Crippen molar-refractivity contribution in [2.45, 2.75) is 13.0 Å². The highest BCUT2D eigenvalue weighted by atomic mass is 16.3. The van der Waals surface area contributed by atoms with Crippen molar-refractivity contribution in [1.29, 1.82) is 5.26 Å². The molecule has 0 amide bonds. The number of hydrogen-bond acceptors (Lipinski definition) is 2. The maximum atomic E-state index is 9.05. The van der Waals surface area contributed by atoms with E-state index in [0.29, 0.717) is 5.57 Å². The Labute approximate surface area is 66.8 Å². The summed E-state index contributed by atoms with van der Waals surface area (Å²) in [5, 5.41) is 17.4. The molecular weight excluding hydrogens is 138 g/mol. The van der Waals surface area contributed by atoms with Crippen LogP contribution in [-0.4, -0.2) is 11.2 Å². The standard InChI is InChI=1S/C9H11NO/c1-3-5-8(6-4-2)9(11)7-10/h3-6,9,11H,1H2,2H3/b6-4-,8-5+. The molecule has 0 saturated heterocycles. The van der Waals surface area contributed by atoms with Crippen molar-refractivity contribution in [2.24, 2.45) is 0 Å². The molecule has 1 atom stereocenters. The van der Waals surface area contributed by atoms with Crippen molar-refractivity contribution in [2.75, 3.05) is 0 Å². The van der Waals surface area contributed by atoms with Crippen LogP contribution in [0.3, 0.4) is 0 Å². The highest BCUT2D eigenvalue weighted by molar-refractivity contribution is 5.30. The fourth-order valence-electron chi connectivity index (χ4n) is 0.641. The number of hydrogen-bond donors (Lipinski definition) is 1. The van der Waals surface area contributed by atoms with E-state index >= 15 is 0 Å². The molecule has 1 N–H and O–H groups in total. The third kappa shape index (κ3) is 3.39. The van der Waals surface area contributed by atoms with Crippen molar-refractivity contribution >= 4 is 0 Å². The van der Waals surface area contributed by atoms with Crippen molar-refractivity contribution in [3.63, 3.8) is 0 Å². The third-order valence-electron chi connectivity index (χ3n) is 1.11. The van der Waals surface area contributed by atoms with Gasteiger partial charge in [-0.25, -0.2) is 0 Å². The molecule has 0 radical (unpaired) electrons. The molecule has 0 aromatic rings. The number of nitriles is 1. The molecule has 0 aromatic heterocycles. The van der Waals surface area contributed by atoms with Crippen molar-refractivity contribution in [1.82, 2.24) is 0 Å². The van der Waals surface area contributed by atoms with Gasteiger partial charge in [-0.3, -0.25) is 0 Å². The van der Waals surface area contributed by atoms with Crippen LogP contribution in [-0.2, 0) is 0 Å². The van der Waals surface area contributed by atoms with Gasteiger partial charge in [0, 0.05) is 0 Å². The predicted octanol–water partition coefficient (Wildman–Crippen LogP) is 1.56. The molecule has 11 heavy (non-hydrogen) atoms. The van der Waals surface area contributed by atoms with Gasteiger partial charge in [0.25, 0.3) is 0 Å². The van der Waals surface area contributed by atoms with Crippen LogP contribution in [0.5, 0.6) is 0 Å². The molecule has 0 bridgehead atoms. The second-order valence-electron chi connectivity index (χ2n) is 1.93. The van der Waals surface area contributed by atoms with Gasteiger partial charge in [-0.15, -0.1) is 0 Å². The Morgan fingerprint density at radius 2 is 2.36 bits per heavy atom. The molecule has 0 heterocycles. The van der Waals surface area contributed by atoms with Crippen LogP contribution in [0, 0.1) is 11.3 Å². The Kier molecular flexibility index (Phi) is 4.80. The summed E-state index contributed by atoms with van der Waals surface area (Å²) in [7, 11) is 0. The third-order valence-corrected chi connectivity index (χ3v) is 1.11. The SMILES string of the molecule is C=C/C=C(\C=C/C)C(O)C#N. The monoisotopic (exact) mass is 149 g/mol. The van der Waals surface area contributed by atoms with Crippen LogP contribution in [0.15, 0.2) is 36.5 Å². The van der Waals surface area contributed by atoms with E-state index in [1.807, 2.05) is 6.92 Å². The van der Waals surface area contributed by atoms with E-state index in [1.165, 1.54) is 6.08 Å². The van der Waals surface area contributed by atoms with Gasteiger partial charge in [-0.1, -0.05) is 30.9 Å². The first-order valence-corrected chi connectivity index (χ1v) is 3.29. The first-order valence-electron chi connectivity index (χ1n) is 3.29. The fraction of sp³-hybridized carbons (Fsp3) is 0.222. The minimum absolute atomic E-state index is 0.560. The molecule has 0 rings (SSSR count). The summed E-state index contributed by atoms with van der Waals surface area (Å²) in [5.74, 6) is 0. The van der Waals surface area contributed by atoms with Gasteiger partial charge < -0.3 is 5.11 Å². The van der Waals surface area contributed by atoms with Gasteiger partial charge in [0.1, 0.15) is 0 Å². The van der Waals surface area contributed by atoms with Gasteiger partial charge in [-0.2, -0.15) is 5.26 Å². The van der Waals surface area contributed by atoms with Crippen LogP contribution in [0.25, 0.3) is 0 Å². The minimum atomic E-state index is -1.05. The van der Waals surface area contributed by atoms with Crippen LogP contribution < -0.4 is 0 Å². The van der Waals surface area contributed by atoms with Crippen LogP contribution in [0.1, 0.15) is 6.92 Å². The maximum absolute atomic E-state index is 9.05. The molecule has 2 heteroatoms. The second kappa shape index (κ2) is 5.45. The van der Waals surface area contributed by atoms with Crippen molar-refractivity contribution < 1.29 is 5.11 Å². The van der Waals surface area contributed by atoms with E-state index in [1.54, 1.807) is 24.3 Å². The molecule has 58 valence electrons. The summed E-state index contributed by atoms with van der Waals surface area (Å²) in [4.78, 5) is 0. The quantitative estimate of drug-likeness (QED) is 0.489. The average Bonchev–Trinajstić information content (AvgIpc) is 2.03. The predicted molar refractivity (Wildman–Crippen MR) is 44.7 cm³/mol. The molecule has 0 spiro atoms. The molecule has 0 saturated carbocycles. The first-order chi connectivity index (χ1) is 5.26.